The maximum Gasteiger partial charge on any atom is 0.145 e. The normalized spacial score (nSPS) is 10.9. The number of rotatable bonds is 4. The van der Waals surface area contributed by atoms with Gasteiger partial charge in [-0.1, -0.05) is 54.6 Å². The molecule has 0 saturated heterocycles. The standard InChI is InChI=1S/C21H18N2O/c1-24-20-14-8-5-11-17(20)21-22-18-12-6-7-13-19(18)23(21)15-16-9-3-2-4-10-16/h2-14H,15H2,1H3. The van der Waals surface area contributed by atoms with Crippen LogP contribution in [-0.2, 0) is 6.54 Å². The fourth-order valence-corrected chi connectivity index (χ4v) is 3.04. The van der Waals surface area contributed by atoms with Gasteiger partial charge in [-0.2, -0.15) is 0 Å². The summed E-state index contributed by atoms with van der Waals surface area (Å²) in [6.07, 6.45) is 0. The van der Waals surface area contributed by atoms with E-state index in [0.717, 1.165) is 34.7 Å². The van der Waals surface area contributed by atoms with Gasteiger partial charge in [-0.15, -0.1) is 0 Å². The molecular formula is C21H18N2O. The van der Waals surface area contributed by atoms with Crippen molar-refractivity contribution in [1.82, 2.24) is 9.55 Å². The second-order valence-corrected chi connectivity index (χ2v) is 5.70. The topological polar surface area (TPSA) is 27.1 Å². The Balaban J connectivity index is 1.93. The van der Waals surface area contributed by atoms with E-state index in [9.17, 15) is 0 Å². The molecule has 0 saturated carbocycles. The van der Waals surface area contributed by atoms with Gasteiger partial charge in [0, 0.05) is 6.54 Å². The van der Waals surface area contributed by atoms with E-state index >= 15 is 0 Å². The highest BCUT2D eigenvalue weighted by Gasteiger charge is 2.15. The monoisotopic (exact) mass is 314 g/mol. The fraction of sp³-hybridized carbons (Fsp3) is 0.0952. The summed E-state index contributed by atoms with van der Waals surface area (Å²) in [4.78, 5) is 4.87. The van der Waals surface area contributed by atoms with Gasteiger partial charge in [0.25, 0.3) is 0 Å². The van der Waals surface area contributed by atoms with Crippen LogP contribution in [0.2, 0.25) is 0 Å². The van der Waals surface area contributed by atoms with Gasteiger partial charge >= 0.3 is 0 Å². The molecule has 0 bridgehead atoms. The van der Waals surface area contributed by atoms with Gasteiger partial charge in [0.05, 0.1) is 23.7 Å². The summed E-state index contributed by atoms with van der Waals surface area (Å²) in [6.45, 7) is 0.773. The van der Waals surface area contributed by atoms with Crippen molar-refractivity contribution >= 4 is 11.0 Å². The summed E-state index contributed by atoms with van der Waals surface area (Å²) in [6, 6.07) is 26.7. The smallest absolute Gasteiger partial charge is 0.145 e. The first-order chi connectivity index (χ1) is 11.9. The van der Waals surface area contributed by atoms with Crippen LogP contribution in [0.5, 0.6) is 5.75 Å². The van der Waals surface area contributed by atoms with Crippen LogP contribution < -0.4 is 4.74 Å². The second-order valence-electron chi connectivity index (χ2n) is 5.70. The predicted molar refractivity (Wildman–Crippen MR) is 97.3 cm³/mol. The molecule has 0 N–H and O–H groups in total. The summed E-state index contributed by atoms with van der Waals surface area (Å²) < 4.78 is 7.80. The van der Waals surface area contributed by atoms with Crippen molar-refractivity contribution in [3.8, 4) is 17.1 Å². The lowest BCUT2D eigenvalue weighted by atomic mass is 10.1. The van der Waals surface area contributed by atoms with Gasteiger partial charge in [-0.3, -0.25) is 0 Å². The number of fused-ring (bicyclic) bond motifs is 1. The number of para-hydroxylation sites is 3. The molecule has 0 unspecified atom stereocenters. The highest BCUT2D eigenvalue weighted by atomic mass is 16.5. The summed E-state index contributed by atoms with van der Waals surface area (Å²) >= 11 is 0. The molecule has 0 spiro atoms. The van der Waals surface area contributed by atoms with Crippen molar-refractivity contribution < 1.29 is 4.74 Å². The van der Waals surface area contributed by atoms with Crippen LogP contribution in [0, 0.1) is 0 Å². The lowest BCUT2D eigenvalue weighted by Crippen LogP contribution is -2.03. The van der Waals surface area contributed by atoms with Crippen LogP contribution >= 0.6 is 0 Å². The first-order valence-corrected chi connectivity index (χ1v) is 7.99. The van der Waals surface area contributed by atoms with E-state index in [1.165, 1.54) is 5.56 Å². The average molecular weight is 314 g/mol. The molecule has 1 heterocycles. The number of imidazole rings is 1. The van der Waals surface area contributed by atoms with E-state index in [4.69, 9.17) is 9.72 Å². The maximum absolute atomic E-state index is 5.55. The summed E-state index contributed by atoms with van der Waals surface area (Å²) in [5.41, 5.74) is 4.38. The van der Waals surface area contributed by atoms with E-state index in [1.807, 2.05) is 30.3 Å². The molecule has 3 heteroatoms. The van der Waals surface area contributed by atoms with Gasteiger partial charge in [0.15, 0.2) is 0 Å². The molecule has 118 valence electrons. The van der Waals surface area contributed by atoms with Crippen LogP contribution in [0.25, 0.3) is 22.4 Å². The fourth-order valence-electron chi connectivity index (χ4n) is 3.04. The lowest BCUT2D eigenvalue weighted by Gasteiger charge is -2.12. The van der Waals surface area contributed by atoms with Crippen LogP contribution in [0.4, 0.5) is 0 Å². The Kier molecular flexibility index (Phi) is 3.75. The van der Waals surface area contributed by atoms with Crippen molar-refractivity contribution in [3.05, 3.63) is 84.4 Å². The Bertz CT molecular complexity index is 973. The number of hydrogen-bond donors (Lipinski definition) is 0. The number of benzene rings is 3. The minimum absolute atomic E-state index is 0.773. The molecule has 24 heavy (non-hydrogen) atoms. The maximum atomic E-state index is 5.55. The minimum atomic E-state index is 0.773. The Morgan fingerprint density at radius 1 is 0.833 bits per heavy atom. The summed E-state index contributed by atoms with van der Waals surface area (Å²) in [5.74, 6) is 1.76. The molecule has 3 nitrogen and oxygen atoms in total. The zero-order valence-corrected chi connectivity index (χ0v) is 13.5. The van der Waals surface area contributed by atoms with Crippen molar-refractivity contribution in [3.63, 3.8) is 0 Å². The van der Waals surface area contributed by atoms with E-state index in [0.29, 0.717) is 0 Å². The molecule has 0 atom stereocenters. The third kappa shape index (κ3) is 2.54. The minimum Gasteiger partial charge on any atom is -0.496 e. The van der Waals surface area contributed by atoms with Gasteiger partial charge in [-0.05, 0) is 29.8 Å². The van der Waals surface area contributed by atoms with Crippen molar-refractivity contribution in [2.24, 2.45) is 0 Å². The van der Waals surface area contributed by atoms with Crippen LogP contribution in [0.3, 0.4) is 0 Å². The number of nitrogens with zero attached hydrogens (tertiary/aromatic N) is 2. The Labute approximate surface area is 141 Å². The van der Waals surface area contributed by atoms with Crippen LogP contribution in [0.15, 0.2) is 78.9 Å². The molecule has 0 aliphatic rings. The first-order valence-electron chi connectivity index (χ1n) is 7.99. The van der Waals surface area contributed by atoms with Gasteiger partial charge in [0.1, 0.15) is 11.6 Å². The van der Waals surface area contributed by atoms with Crippen molar-refractivity contribution in [1.29, 1.82) is 0 Å². The Morgan fingerprint density at radius 2 is 1.54 bits per heavy atom. The molecule has 0 fully saturated rings. The molecule has 1 aromatic heterocycles. The predicted octanol–water partition coefficient (Wildman–Crippen LogP) is 4.76. The number of hydrogen-bond acceptors (Lipinski definition) is 2. The van der Waals surface area contributed by atoms with Crippen molar-refractivity contribution in [2.45, 2.75) is 6.54 Å². The summed E-state index contributed by atoms with van der Waals surface area (Å²) in [7, 11) is 1.70. The van der Waals surface area contributed by atoms with E-state index in [-0.39, 0.29) is 0 Å². The van der Waals surface area contributed by atoms with Crippen LogP contribution in [0.1, 0.15) is 5.56 Å². The van der Waals surface area contributed by atoms with E-state index in [2.05, 4.69) is 53.1 Å². The molecular weight excluding hydrogens is 296 g/mol. The number of methoxy groups -OCH3 is 1. The van der Waals surface area contributed by atoms with Gasteiger partial charge < -0.3 is 9.30 Å². The highest BCUT2D eigenvalue weighted by Crippen LogP contribution is 2.32. The zero-order valence-electron chi connectivity index (χ0n) is 13.5. The van der Waals surface area contributed by atoms with Gasteiger partial charge in [-0.25, -0.2) is 4.98 Å². The molecule has 4 aromatic rings. The third-order valence-corrected chi connectivity index (χ3v) is 4.19. The molecule has 3 aromatic carbocycles. The first kappa shape index (κ1) is 14.5. The lowest BCUT2D eigenvalue weighted by molar-refractivity contribution is 0.416. The second kappa shape index (κ2) is 6.20. The Morgan fingerprint density at radius 3 is 2.38 bits per heavy atom. The van der Waals surface area contributed by atoms with Crippen molar-refractivity contribution in [2.75, 3.05) is 7.11 Å². The molecule has 0 radical (unpaired) electrons. The summed E-state index contributed by atoms with van der Waals surface area (Å²) in [5, 5.41) is 0. The SMILES string of the molecule is COc1ccccc1-c1nc2ccccc2n1Cc1ccccc1. The highest BCUT2D eigenvalue weighted by molar-refractivity contribution is 5.82. The average Bonchev–Trinajstić information content (AvgIpc) is 3.01. The number of ether oxygens (including phenoxy) is 1. The quantitative estimate of drug-likeness (QED) is 0.543. The van der Waals surface area contributed by atoms with Crippen LogP contribution in [-0.4, -0.2) is 16.7 Å². The van der Waals surface area contributed by atoms with E-state index < -0.39 is 0 Å². The molecule has 0 aliphatic heterocycles. The largest absolute Gasteiger partial charge is 0.496 e. The van der Waals surface area contributed by atoms with E-state index in [1.54, 1.807) is 7.11 Å². The molecule has 4 rings (SSSR count). The van der Waals surface area contributed by atoms with Gasteiger partial charge in [0.2, 0.25) is 0 Å². The number of aromatic nitrogens is 2. The zero-order chi connectivity index (χ0) is 16.4. The molecule has 0 amide bonds. The molecule has 0 aliphatic carbocycles. The third-order valence-electron chi connectivity index (χ3n) is 4.19. The Hall–Kier alpha value is -3.07.